The van der Waals surface area contributed by atoms with Gasteiger partial charge in [-0.15, -0.1) is 0 Å². The van der Waals surface area contributed by atoms with Crippen molar-refractivity contribution in [3.63, 3.8) is 0 Å². The topological polar surface area (TPSA) is 140 Å². The monoisotopic (exact) mass is 456 g/mol. The Hall–Kier alpha value is -3.12. The summed E-state index contributed by atoms with van der Waals surface area (Å²) in [6, 6.07) is 2.14. The maximum atomic E-state index is 13.0. The van der Waals surface area contributed by atoms with E-state index in [9.17, 15) is 19.6 Å². The van der Waals surface area contributed by atoms with E-state index in [1.54, 1.807) is 12.3 Å². The van der Waals surface area contributed by atoms with Gasteiger partial charge in [0.2, 0.25) is 11.8 Å². The molecule has 1 aliphatic carbocycles. The number of carbonyl (C=O) groups is 3. The van der Waals surface area contributed by atoms with Gasteiger partial charge in [0.05, 0.1) is 22.8 Å². The van der Waals surface area contributed by atoms with E-state index in [0.717, 1.165) is 19.3 Å². The van der Waals surface area contributed by atoms with Gasteiger partial charge < -0.3 is 20.9 Å². The summed E-state index contributed by atoms with van der Waals surface area (Å²) in [6.07, 6.45) is 7.40. The van der Waals surface area contributed by atoms with E-state index in [1.807, 2.05) is 0 Å². The highest BCUT2D eigenvalue weighted by atomic mass is 35.5. The Labute approximate surface area is 190 Å². The van der Waals surface area contributed by atoms with Crippen LogP contribution in [0.5, 0.6) is 0 Å². The fourth-order valence-electron chi connectivity index (χ4n) is 4.05. The molecule has 10 heteroatoms. The van der Waals surface area contributed by atoms with Gasteiger partial charge in [-0.2, -0.15) is 5.26 Å². The first-order valence-corrected chi connectivity index (χ1v) is 11.2. The molecule has 4 rings (SSSR count). The van der Waals surface area contributed by atoms with Gasteiger partial charge in [-0.1, -0.05) is 24.4 Å². The quantitative estimate of drug-likeness (QED) is 0.481. The van der Waals surface area contributed by atoms with Gasteiger partial charge in [-0.3, -0.25) is 19.4 Å². The number of carbonyl (C=O) groups excluding carboxylic acids is 3. The first kappa shape index (κ1) is 22.1. The molecule has 1 saturated heterocycles. The normalized spacial score (nSPS) is 20.1. The zero-order valence-corrected chi connectivity index (χ0v) is 18.2. The van der Waals surface area contributed by atoms with E-state index < -0.39 is 23.9 Å². The Morgan fingerprint density at radius 3 is 2.75 bits per heavy atom. The minimum Gasteiger partial charge on any atom is -0.356 e. The highest BCUT2D eigenvalue weighted by molar-refractivity contribution is 6.35. The van der Waals surface area contributed by atoms with Crippen LogP contribution >= 0.6 is 11.6 Å². The molecule has 2 fully saturated rings. The average molecular weight is 457 g/mol. The molecule has 9 nitrogen and oxygen atoms in total. The van der Waals surface area contributed by atoms with Crippen LogP contribution in [-0.2, 0) is 9.59 Å². The number of aromatic nitrogens is 2. The van der Waals surface area contributed by atoms with Crippen molar-refractivity contribution in [2.45, 2.75) is 50.6 Å². The van der Waals surface area contributed by atoms with Crippen LogP contribution in [0.15, 0.2) is 18.5 Å². The number of nitrogens with zero attached hydrogens (tertiary/aromatic N) is 2. The van der Waals surface area contributed by atoms with E-state index in [0.29, 0.717) is 41.2 Å². The van der Waals surface area contributed by atoms with Gasteiger partial charge in [0.15, 0.2) is 0 Å². The summed E-state index contributed by atoms with van der Waals surface area (Å²) in [5.41, 5.74) is 0.903. The molecular formula is C22H25ClN6O3. The lowest BCUT2D eigenvalue weighted by Gasteiger charge is -2.25. The number of nitriles is 1. The molecule has 0 bridgehead atoms. The number of fused-ring (bicyclic) bond motifs is 1. The maximum Gasteiger partial charge on any atom is 0.268 e. The van der Waals surface area contributed by atoms with Crippen LogP contribution in [0.3, 0.4) is 0 Å². The molecule has 1 aliphatic heterocycles. The van der Waals surface area contributed by atoms with Crippen LogP contribution in [0.1, 0.15) is 49.0 Å². The minimum atomic E-state index is -0.798. The van der Waals surface area contributed by atoms with Crippen LogP contribution in [-0.4, -0.2) is 46.3 Å². The molecule has 4 N–H and O–H groups in total. The van der Waals surface area contributed by atoms with Crippen molar-refractivity contribution < 1.29 is 14.4 Å². The maximum absolute atomic E-state index is 13.0. The molecule has 2 aromatic rings. The summed E-state index contributed by atoms with van der Waals surface area (Å²) in [4.78, 5) is 44.8. The molecule has 32 heavy (non-hydrogen) atoms. The van der Waals surface area contributed by atoms with Crippen molar-refractivity contribution in [2.24, 2.45) is 11.8 Å². The van der Waals surface area contributed by atoms with Gasteiger partial charge in [-0.05, 0) is 37.7 Å². The summed E-state index contributed by atoms with van der Waals surface area (Å²) in [5, 5.41) is 18.9. The third-order valence-corrected chi connectivity index (χ3v) is 6.32. The van der Waals surface area contributed by atoms with Crippen molar-refractivity contribution in [2.75, 3.05) is 6.54 Å². The van der Waals surface area contributed by atoms with E-state index in [2.05, 4.69) is 32.0 Å². The number of pyridine rings is 1. The first-order valence-electron chi connectivity index (χ1n) is 10.9. The average Bonchev–Trinajstić information content (AvgIpc) is 3.48. The van der Waals surface area contributed by atoms with Gasteiger partial charge in [0.1, 0.15) is 17.8 Å². The molecule has 0 spiro atoms. The zero-order chi connectivity index (χ0) is 22.7. The Morgan fingerprint density at radius 2 is 2.06 bits per heavy atom. The molecule has 2 aliphatic rings. The lowest BCUT2D eigenvalue weighted by Crippen LogP contribution is -2.50. The van der Waals surface area contributed by atoms with Gasteiger partial charge in [0, 0.05) is 24.0 Å². The smallest absolute Gasteiger partial charge is 0.268 e. The number of piperidine rings is 1. The van der Waals surface area contributed by atoms with Crippen LogP contribution in [0, 0.1) is 23.2 Å². The molecule has 3 heterocycles. The summed E-state index contributed by atoms with van der Waals surface area (Å²) in [5.74, 6) is -0.852. The van der Waals surface area contributed by atoms with E-state index in [4.69, 9.17) is 11.6 Å². The number of rotatable bonds is 8. The molecule has 0 unspecified atom stereocenters. The Bertz CT molecular complexity index is 1070. The van der Waals surface area contributed by atoms with E-state index in [-0.39, 0.29) is 23.9 Å². The van der Waals surface area contributed by atoms with Crippen molar-refractivity contribution in [3.05, 3.63) is 29.2 Å². The molecular weight excluding hydrogens is 432 g/mol. The van der Waals surface area contributed by atoms with Crippen molar-refractivity contribution >= 4 is 40.2 Å². The first-order chi connectivity index (χ1) is 15.4. The lowest BCUT2D eigenvalue weighted by molar-refractivity contribution is -0.128. The third kappa shape index (κ3) is 5.19. The predicted octanol–water partition coefficient (Wildman–Crippen LogP) is 2.04. The van der Waals surface area contributed by atoms with Crippen LogP contribution in [0.2, 0.25) is 5.02 Å². The van der Waals surface area contributed by atoms with Crippen molar-refractivity contribution in [1.82, 2.24) is 25.9 Å². The van der Waals surface area contributed by atoms with Crippen molar-refractivity contribution in [1.29, 1.82) is 5.26 Å². The van der Waals surface area contributed by atoms with Crippen LogP contribution in [0.25, 0.3) is 10.9 Å². The summed E-state index contributed by atoms with van der Waals surface area (Å²) >= 11 is 6.13. The lowest BCUT2D eigenvalue weighted by atomic mass is 9.92. The molecule has 3 atom stereocenters. The molecule has 2 aromatic heterocycles. The summed E-state index contributed by atoms with van der Waals surface area (Å²) in [7, 11) is 0. The largest absolute Gasteiger partial charge is 0.356 e. The SMILES string of the molecule is N#C[C@H](C[C@@H]1CCCNC1=O)NC(=O)[C@H](CC1CC1)NC(=O)c1cc2c(Cl)cncc2[nH]1. The van der Waals surface area contributed by atoms with Crippen LogP contribution < -0.4 is 16.0 Å². The zero-order valence-electron chi connectivity index (χ0n) is 17.5. The van der Waals surface area contributed by atoms with Gasteiger partial charge >= 0.3 is 0 Å². The summed E-state index contributed by atoms with van der Waals surface area (Å²) in [6.45, 7) is 0.642. The fraction of sp³-hybridized carbons (Fsp3) is 0.500. The second-order valence-corrected chi connectivity index (χ2v) is 8.93. The second-order valence-electron chi connectivity index (χ2n) is 8.53. The van der Waals surface area contributed by atoms with Crippen LogP contribution in [0.4, 0.5) is 0 Å². The number of aromatic amines is 1. The fourth-order valence-corrected chi connectivity index (χ4v) is 4.27. The Kier molecular flexibility index (Phi) is 6.61. The Morgan fingerprint density at radius 1 is 1.25 bits per heavy atom. The van der Waals surface area contributed by atoms with Gasteiger partial charge in [0.25, 0.3) is 5.91 Å². The minimum absolute atomic E-state index is 0.0828. The number of nitrogens with one attached hydrogen (secondary N) is 4. The Balaban J connectivity index is 1.42. The molecule has 0 radical (unpaired) electrons. The summed E-state index contributed by atoms with van der Waals surface area (Å²) < 4.78 is 0. The van der Waals surface area contributed by atoms with E-state index in [1.165, 1.54) is 6.20 Å². The highest BCUT2D eigenvalue weighted by Gasteiger charge is 2.33. The van der Waals surface area contributed by atoms with Crippen molar-refractivity contribution in [3.8, 4) is 6.07 Å². The highest BCUT2D eigenvalue weighted by Crippen LogP contribution is 2.33. The molecule has 1 saturated carbocycles. The number of amides is 3. The van der Waals surface area contributed by atoms with Gasteiger partial charge in [-0.25, -0.2) is 0 Å². The number of hydrogen-bond acceptors (Lipinski definition) is 5. The molecule has 0 aromatic carbocycles. The predicted molar refractivity (Wildman–Crippen MR) is 118 cm³/mol. The number of halogens is 1. The number of H-pyrrole nitrogens is 1. The second kappa shape index (κ2) is 9.57. The number of hydrogen-bond donors (Lipinski definition) is 4. The molecule has 168 valence electrons. The standard InChI is InChI=1S/C22H25ClN6O3/c23-16-10-25-11-19-15(16)8-18(28-19)22(32)29-17(6-12-3-4-12)21(31)27-14(9-24)7-13-2-1-5-26-20(13)30/h8,10-14,17,28H,1-7H2,(H,26,30)(H,27,31)(H,29,32)/t13-,14-,17-/m0/s1. The van der Waals surface area contributed by atoms with E-state index >= 15 is 0 Å². The third-order valence-electron chi connectivity index (χ3n) is 6.02. The molecule has 3 amide bonds.